The first-order valence-electron chi connectivity index (χ1n) is 9.27. The molecule has 1 aliphatic heterocycles. The Kier molecular flexibility index (Phi) is 4.63. The number of aryl methyl sites for hydroxylation is 2. The highest BCUT2D eigenvalue weighted by molar-refractivity contribution is 5.94. The summed E-state index contributed by atoms with van der Waals surface area (Å²) < 4.78 is 0. The number of anilines is 2. The van der Waals surface area contributed by atoms with Gasteiger partial charge in [-0.2, -0.15) is 0 Å². The zero-order chi connectivity index (χ0) is 18.8. The topological polar surface area (TPSA) is 45.2 Å². The van der Waals surface area contributed by atoms with Gasteiger partial charge in [-0.05, 0) is 54.7 Å². The molecule has 1 amide bonds. The Labute approximate surface area is 159 Å². The van der Waals surface area contributed by atoms with Crippen molar-refractivity contribution in [2.75, 3.05) is 11.9 Å². The van der Waals surface area contributed by atoms with Crippen LogP contribution in [0.25, 0.3) is 0 Å². The number of hydrogen-bond donors (Lipinski definition) is 1. The lowest BCUT2D eigenvalue weighted by molar-refractivity contribution is 0.0734. The number of benzene rings is 2. The van der Waals surface area contributed by atoms with Gasteiger partial charge in [-0.15, -0.1) is 0 Å². The summed E-state index contributed by atoms with van der Waals surface area (Å²) in [5.74, 6) is 0.781. The minimum absolute atomic E-state index is 0.0376. The smallest absolute Gasteiger partial charge is 0.255 e. The highest BCUT2D eigenvalue weighted by Crippen LogP contribution is 2.24. The Balaban J connectivity index is 1.48. The van der Waals surface area contributed by atoms with E-state index in [9.17, 15) is 4.79 Å². The van der Waals surface area contributed by atoms with Crippen LogP contribution in [0.3, 0.4) is 0 Å². The average molecular weight is 357 g/mol. The number of aromatic nitrogens is 1. The average Bonchev–Trinajstić information content (AvgIpc) is 2.70. The van der Waals surface area contributed by atoms with E-state index in [1.807, 2.05) is 29.2 Å². The lowest BCUT2D eigenvalue weighted by Crippen LogP contribution is -2.35. The maximum atomic E-state index is 12.9. The van der Waals surface area contributed by atoms with E-state index in [1.54, 1.807) is 6.20 Å². The van der Waals surface area contributed by atoms with Crippen molar-refractivity contribution in [1.82, 2.24) is 9.88 Å². The Morgan fingerprint density at radius 2 is 1.70 bits per heavy atom. The van der Waals surface area contributed by atoms with E-state index in [0.717, 1.165) is 24.5 Å². The molecule has 0 spiro atoms. The third-order valence-electron chi connectivity index (χ3n) is 5.16. The third-order valence-corrected chi connectivity index (χ3v) is 5.16. The van der Waals surface area contributed by atoms with Crippen molar-refractivity contribution in [3.05, 3.63) is 88.6 Å². The van der Waals surface area contributed by atoms with Crippen LogP contribution in [0.2, 0.25) is 0 Å². The first kappa shape index (κ1) is 17.3. The molecule has 0 unspecified atom stereocenters. The molecule has 0 aliphatic carbocycles. The van der Waals surface area contributed by atoms with Crippen LogP contribution in [-0.4, -0.2) is 22.3 Å². The van der Waals surface area contributed by atoms with Gasteiger partial charge in [0.15, 0.2) is 0 Å². The van der Waals surface area contributed by atoms with E-state index in [-0.39, 0.29) is 5.91 Å². The third kappa shape index (κ3) is 3.56. The van der Waals surface area contributed by atoms with Crippen molar-refractivity contribution in [2.24, 2.45) is 0 Å². The van der Waals surface area contributed by atoms with E-state index in [0.29, 0.717) is 12.1 Å². The number of hydrogen-bond acceptors (Lipinski definition) is 3. The van der Waals surface area contributed by atoms with Gasteiger partial charge in [0, 0.05) is 25.0 Å². The minimum atomic E-state index is 0.0376. The normalized spacial score (nSPS) is 13.2. The van der Waals surface area contributed by atoms with Crippen LogP contribution in [0.4, 0.5) is 11.5 Å². The largest absolute Gasteiger partial charge is 0.340 e. The molecule has 0 radical (unpaired) electrons. The van der Waals surface area contributed by atoms with Crippen LogP contribution in [0, 0.1) is 13.8 Å². The molecule has 2 aromatic carbocycles. The molecular weight excluding hydrogens is 334 g/mol. The van der Waals surface area contributed by atoms with Gasteiger partial charge in [0.05, 0.1) is 5.56 Å². The zero-order valence-corrected chi connectivity index (χ0v) is 15.7. The van der Waals surface area contributed by atoms with Crippen molar-refractivity contribution >= 4 is 17.4 Å². The fraction of sp³-hybridized carbons (Fsp3) is 0.217. The summed E-state index contributed by atoms with van der Waals surface area (Å²) in [6.45, 7) is 5.55. The Morgan fingerprint density at radius 3 is 2.41 bits per heavy atom. The van der Waals surface area contributed by atoms with Gasteiger partial charge in [-0.25, -0.2) is 4.98 Å². The van der Waals surface area contributed by atoms with E-state index in [4.69, 9.17) is 0 Å². The number of amides is 1. The Morgan fingerprint density at radius 1 is 0.963 bits per heavy atom. The summed E-state index contributed by atoms with van der Waals surface area (Å²) in [6.07, 6.45) is 2.57. The highest BCUT2D eigenvalue weighted by Gasteiger charge is 2.21. The summed E-state index contributed by atoms with van der Waals surface area (Å²) in [5, 5.41) is 3.36. The molecule has 4 nitrogen and oxygen atoms in total. The molecule has 0 saturated heterocycles. The molecule has 1 aliphatic rings. The summed E-state index contributed by atoms with van der Waals surface area (Å²) in [4.78, 5) is 19.2. The van der Waals surface area contributed by atoms with Gasteiger partial charge in [0.1, 0.15) is 5.82 Å². The summed E-state index contributed by atoms with van der Waals surface area (Å²) in [5.41, 5.74) is 6.61. The SMILES string of the molecule is Cc1cccc(C)c1Nc1ccc(C(=O)N2CCc3ccccc3C2)cn1. The monoisotopic (exact) mass is 357 g/mol. The predicted octanol–water partition coefficient (Wildman–Crippen LogP) is 4.64. The summed E-state index contributed by atoms with van der Waals surface area (Å²) in [6, 6.07) is 18.2. The van der Waals surface area contributed by atoms with Crippen LogP contribution in [0.5, 0.6) is 0 Å². The fourth-order valence-corrected chi connectivity index (χ4v) is 3.59. The van der Waals surface area contributed by atoms with E-state index >= 15 is 0 Å². The molecule has 136 valence electrons. The quantitative estimate of drug-likeness (QED) is 0.743. The van der Waals surface area contributed by atoms with Gasteiger partial charge < -0.3 is 10.2 Å². The first-order chi connectivity index (χ1) is 13.1. The molecule has 3 aromatic rings. The fourth-order valence-electron chi connectivity index (χ4n) is 3.59. The van der Waals surface area contributed by atoms with Crippen LogP contribution in [0.15, 0.2) is 60.8 Å². The van der Waals surface area contributed by atoms with Crippen LogP contribution in [0.1, 0.15) is 32.6 Å². The Bertz CT molecular complexity index is 959. The van der Waals surface area contributed by atoms with Gasteiger partial charge in [0.25, 0.3) is 5.91 Å². The van der Waals surface area contributed by atoms with Crippen molar-refractivity contribution in [1.29, 1.82) is 0 Å². The van der Waals surface area contributed by atoms with Gasteiger partial charge in [-0.3, -0.25) is 4.79 Å². The number of rotatable bonds is 3. The van der Waals surface area contributed by atoms with Crippen molar-refractivity contribution in [2.45, 2.75) is 26.8 Å². The number of carbonyl (C=O) groups is 1. The van der Waals surface area contributed by atoms with Gasteiger partial charge >= 0.3 is 0 Å². The first-order valence-corrected chi connectivity index (χ1v) is 9.27. The molecule has 2 heterocycles. The minimum Gasteiger partial charge on any atom is -0.340 e. The number of carbonyl (C=O) groups excluding carboxylic acids is 1. The maximum Gasteiger partial charge on any atom is 0.255 e. The van der Waals surface area contributed by atoms with E-state index < -0.39 is 0 Å². The molecule has 4 heteroatoms. The lowest BCUT2D eigenvalue weighted by Gasteiger charge is -2.28. The second kappa shape index (κ2) is 7.23. The van der Waals surface area contributed by atoms with Crippen molar-refractivity contribution in [3.8, 4) is 0 Å². The van der Waals surface area contributed by atoms with Gasteiger partial charge in [0.2, 0.25) is 0 Å². The number of para-hydroxylation sites is 1. The maximum absolute atomic E-state index is 12.9. The zero-order valence-electron chi connectivity index (χ0n) is 15.7. The molecular formula is C23H23N3O. The lowest BCUT2D eigenvalue weighted by atomic mass is 9.99. The summed E-state index contributed by atoms with van der Waals surface area (Å²) >= 11 is 0. The van der Waals surface area contributed by atoms with E-state index in [1.165, 1.54) is 22.3 Å². The second-order valence-electron chi connectivity index (χ2n) is 7.07. The molecule has 0 fully saturated rings. The number of nitrogens with zero attached hydrogens (tertiary/aromatic N) is 2. The summed E-state index contributed by atoms with van der Waals surface area (Å²) in [7, 11) is 0. The Hall–Kier alpha value is -3.14. The highest BCUT2D eigenvalue weighted by atomic mass is 16.2. The molecule has 4 rings (SSSR count). The molecule has 0 atom stereocenters. The number of fused-ring (bicyclic) bond motifs is 1. The second-order valence-corrected chi connectivity index (χ2v) is 7.07. The van der Waals surface area contributed by atoms with Crippen LogP contribution in [-0.2, 0) is 13.0 Å². The molecule has 0 bridgehead atoms. The number of pyridine rings is 1. The van der Waals surface area contributed by atoms with Crippen molar-refractivity contribution in [3.63, 3.8) is 0 Å². The molecule has 27 heavy (non-hydrogen) atoms. The molecule has 1 N–H and O–H groups in total. The van der Waals surface area contributed by atoms with Crippen molar-refractivity contribution < 1.29 is 4.79 Å². The predicted molar refractivity (Wildman–Crippen MR) is 108 cm³/mol. The number of nitrogens with one attached hydrogen (secondary N) is 1. The molecule has 1 aromatic heterocycles. The van der Waals surface area contributed by atoms with Gasteiger partial charge in [-0.1, -0.05) is 42.5 Å². The molecule has 0 saturated carbocycles. The standard InChI is InChI=1S/C23H23N3O/c1-16-6-5-7-17(2)22(16)25-21-11-10-19(14-24-21)23(27)26-13-12-18-8-3-4-9-20(18)15-26/h3-11,14H,12-13,15H2,1-2H3,(H,24,25). The van der Waals surface area contributed by atoms with E-state index in [2.05, 4.69) is 54.5 Å². The van der Waals surface area contributed by atoms with Crippen LogP contribution >= 0.6 is 0 Å². The van der Waals surface area contributed by atoms with Crippen LogP contribution < -0.4 is 5.32 Å².